The number of benzene rings is 1. The van der Waals surface area contributed by atoms with Gasteiger partial charge in [-0.25, -0.2) is 31.5 Å². The van der Waals surface area contributed by atoms with Crippen molar-refractivity contribution in [1.29, 1.82) is 0 Å². The van der Waals surface area contributed by atoms with Gasteiger partial charge in [0.2, 0.25) is 20.0 Å². The molecule has 9 heteroatoms. The summed E-state index contributed by atoms with van der Waals surface area (Å²) in [6, 6.07) is 2.08. The summed E-state index contributed by atoms with van der Waals surface area (Å²) >= 11 is 0. The van der Waals surface area contributed by atoms with E-state index in [-0.39, 0.29) is 0 Å². The Morgan fingerprint density at radius 1 is 1.00 bits per heavy atom. The van der Waals surface area contributed by atoms with Gasteiger partial charge in [-0.05, 0) is 18.2 Å². The molecule has 84 valence electrons. The third kappa shape index (κ3) is 2.72. The van der Waals surface area contributed by atoms with Gasteiger partial charge < -0.3 is 0 Å². The minimum Gasteiger partial charge on any atom is -0.225 e. The Kier molecular flexibility index (Phi) is 2.83. The molecule has 0 saturated carbocycles. The van der Waals surface area contributed by atoms with Crippen LogP contribution in [0.3, 0.4) is 0 Å². The Morgan fingerprint density at radius 2 is 1.53 bits per heavy atom. The largest absolute Gasteiger partial charge is 0.241 e. The lowest BCUT2D eigenvalue weighted by molar-refractivity contribution is 0.565. The predicted molar refractivity (Wildman–Crippen MR) is 49.1 cm³/mol. The van der Waals surface area contributed by atoms with Crippen LogP contribution in [0.25, 0.3) is 0 Å². The number of nitrogens with two attached hydrogens (primary N) is 2. The van der Waals surface area contributed by atoms with Crippen LogP contribution in [0.15, 0.2) is 28.0 Å². The molecule has 15 heavy (non-hydrogen) atoms. The molecule has 6 nitrogen and oxygen atoms in total. The van der Waals surface area contributed by atoms with Crippen LogP contribution in [0, 0.1) is 5.82 Å². The topological polar surface area (TPSA) is 120 Å². The van der Waals surface area contributed by atoms with Gasteiger partial charge in [0, 0.05) is 0 Å². The zero-order valence-corrected chi connectivity index (χ0v) is 8.85. The maximum Gasteiger partial charge on any atom is 0.241 e. The van der Waals surface area contributed by atoms with Gasteiger partial charge in [-0.3, -0.25) is 0 Å². The lowest BCUT2D eigenvalue weighted by Gasteiger charge is -2.02. The summed E-state index contributed by atoms with van der Waals surface area (Å²) in [5, 5.41) is 9.40. The van der Waals surface area contributed by atoms with Gasteiger partial charge in [-0.2, -0.15) is 0 Å². The first kappa shape index (κ1) is 12.0. The minimum absolute atomic E-state index is 0.520. The third-order valence-corrected chi connectivity index (χ3v) is 3.37. The first-order valence-corrected chi connectivity index (χ1v) is 6.57. The molecule has 0 fully saturated rings. The fourth-order valence-corrected chi connectivity index (χ4v) is 2.12. The van der Waals surface area contributed by atoms with Crippen LogP contribution in [0.2, 0.25) is 0 Å². The zero-order valence-electron chi connectivity index (χ0n) is 7.21. The minimum atomic E-state index is -4.31. The van der Waals surface area contributed by atoms with Crippen molar-refractivity contribution in [3.05, 3.63) is 24.0 Å². The monoisotopic (exact) mass is 254 g/mol. The molecule has 1 rings (SSSR count). The van der Waals surface area contributed by atoms with E-state index in [0.717, 1.165) is 6.07 Å². The van der Waals surface area contributed by atoms with Crippen molar-refractivity contribution < 1.29 is 21.2 Å². The average molecular weight is 254 g/mol. The number of rotatable bonds is 2. The number of primary sulfonamides is 2. The van der Waals surface area contributed by atoms with Crippen LogP contribution in [-0.4, -0.2) is 16.8 Å². The van der Waals surface area contributed by atoms with Crippen molar-refractivity contribution >= 4 is 20.0 Å². The number of hydrogen-bond donors (Lipinski definition) is 2. The zero-order chi connectivity index (χ0) is 11.9. The van der Waals surface area contributed by atoms with Crippen LogP contribution >= 0.6 is 0 Å². The molecule has 0 aliphatic rings. The molecule has 0 unspecified atom stereocenters. The molecule has 0 aliphatic carbocycles. The number of halogens is 1. The van der Waals surface area contributed by atoms with E-state index in [1.54, 1.807) is 0 Å². The van der Waals surface area contributed by atoms with Gasteiger partial charge in [0.25, 0.3) is 0 Å². The first-order chi connectivity index (χ1) is 6.62. The molecular weight excluding hydrogens is 247 g/mol. The second-order valence-corrected chi connectivity index (χ2v) is 5.77. The SMILES string of the molecule is NS(=O)(=O)c1ccc(F)c(S(N)(=O)=O)c1. The van der Waals surface area contributed by atoms with Gasteiger partial charge in [-0.1, -0.05) is 0 Å². The van der Waals surface area contributed by atoms with Gasteiger partial charge in [0.05, 0.1) is 4.90 Å². The van der Waals surface area contributed by atoms with E-state index >= 15 is 0 Å². The van der Waals surface area contributed by atoms with E-state index in [1.807, 2.05) is 0 Å². The maximum atomic E-state index is 13.0. The highest BCUT2D eigenvalue weighted by Gasteiger charge is 2.18. The van der Waals surface area contributed by atoms with Crippen molar-refractivity contribution in [3.8, 4) is 0 Å². The Hall–Kier alpha value is -1.03. The molecule has 0 amide bonds. The van der Waals surface area contributed by atoms with Gasteiger partial charge in [-0.15, -0.1) is 0 Å². The molecule has 1 aromatic carbocycles. The van der Waals surface area contributed by atoms with Crippen LogP contribution in [0.4, 0.5) is 4.39 Å². The number of hydrogen-bond acceptors (Lipinski definition) is 4. The first-order valence-electron chi connectivity index (χ1n) is 3.47. The Bertz CT molecular complexity index is 594. The van der Waals surface area contributed by atoms with E-state index in [0.29, 0.717) is 12.1 Å². The standard InChI is InChI=1S/C6H7FN2O4S2/c7-5-2-1-4(14(8,10)11)3-6(5)15(9,12)13/h1-3H,(H2,8,10,11)(H2,9,12,13). The summed E-state index contributed by atoms with van der Waals surface area (Å²) in [4.78, 5) is -1.43. The summed E-state index contributed by atoms with van der Waals surface area (Å²) in [5.74, 6) is -1.13. The predicted octanol–water partition coefficient (Wildman–Crippen LogP) is -0.879. The number of sulfonamides is 2. The lowest BCUT2D eigenvalue weighted by Crippen LogP contribution is -2.17. The Morgan fingerprint density at radius 3 is 1.93 bits per heavy atom. The fourth-order valence-electron chi connectivity index (χ4n) is 0.879. The van der Waals surface area contributed by atoms with Crippen LogP contribution in [-0.2, 0) is 20.0 Å². The molecule has 0 bridgehead atoms. The van der Waals surface area contributed by atoms with E-state index in [4.69, 9.17) is 5.14 Å². The lowest BCUT2D eigenvalue weighted by atomic mass is 10.3. The van der Waals surface area contributed by atoms with Crippen molar-refractivity contribution in [2.24, 2.45) is 10.3 Å². The Balaban J connectivity index is 3.57. The maximum absolute atomic E-state index is 13.0. The molecule has 0 heterocycles. The molecule has 0 aliphatic heterocycles. The normalized spacial score (nSPS) is 12.7. The summed E-state index contributed by atoms with van der Waals surface area (Å²) in [6.45, 7) is 0. The highest BCUT2D eigenvalue weighted by Crippen LogP contribution is 2.17. The van der Waals surface area contributed by atoms with E-state index in [2.05, 4.69) is 5.14 Å². The van der Waals surface area contributed by atoms with E-state index in [9.17, 15) is 21.2 Å². The molecule has 4 N–H and O–H groups in total. The van der Waals surface area contributed by atoms with Crippen molar-refractivity contribution in [2.75, 3.05) is 0 Å². The smallest absolute Gasteiger partial charge is 0.225 e. The molecule has 0 aromatic heterocycles. The van der Waals surface area contributed by atoms with Crippen LogP contribution in [0.5, 0.6) is 0 Å². The van der Waals surface area contributed by atoms with Crippen LogP contribution in [0.1, 0.15) is 0 Å². The summed E-state index contributed by atoms with van der Waals surface area (Å²) in [6.07, 6.45) is 0. The second kappa shape index (κ2) is 3.52. The highest BCUT2D eigenvalue weighted by molar-refractivity contribution is 7.90. The van der Waals surface area contributed by atoms with Crippen molar-refractivity contribution in [3.63, 3.8) is 0 Å². The van der Waals surface area contributed by atoms with Gasteiger partial charge in [0.1, 0.15) is 10.7 Å². The molecule has 0 saturated heterocycles. The average Bonchev–Trinajstić information content (AvgIpc) is 2.00. The summed E-state index contributed by atoms with van der Waals surface area (Å²) in [7, 11) is -8.40. The third-order valence-electron chi connectivity index (χ3n) is 1.54. The van der Waals surface area contributed by atoms with E-state index < -0.39 is 35.7 Å². The van der Waals surface area contributed by atoms with Crippen LogP contribution < -0.4 is 10.3 Å². The van der Waals surface area contributed by atoms with Crippen molar-refractivity contribution in [2.45, 2.75) is 9.79 Å². The molecular formula is C6H7FN2O4S2. The molecule has 0 atom stereocenters. The molecule has 0 spiro atoms. The summed E-state index contributed by atoms with van der Waals surface area (Å²) in [5.41, 5.74) is 0. The van der Waals surface area contributed by atoms with Crippen molar-refractivity contribution in [1.82, 2.24) is 0 Å². The fraction of sp³-hybridized carbons (Fsp3) is 0. The Labute approximate surface area is 85.8 Å². The quantitative estimate of drug-likeness (QED) is 0.711. The highest BCUT2D eigenvalue weighted by atomic mass is 32.2. The van der Waals surface area contributed by atoms with E-state index in [1.165, 1.54) is 0 Å². The molecule has 0 radical (unpaired) electrons. The van der Waals surface area contributed by atoms with Gasteiger partial charge in [0.15, 0.2) is 0 Å². The second-order valence-electron chi connectivity index (χ2n) is 2.68. The molecule has 1 aromatic rings. The summed E-state index contributed by atoms with van der Waals surface area (Å²) < 4.78 is 56.3. The van der Waals surface area contributed by atoms with Gasteiger partial charge >= 0.3 is 0 Å².